The van der Waals surface area contributed by atoms with Gasteiger partial charge in [-0.15, -0.1) is 10.2 Å². The fraction of sp³-hybridized carbons (Fsp3) is 0.143. The van der Waals surface area contributed by atoms with Crippen molar-refractivity contribution in [2.24, 2.45) is 7.05 Å². The van der Waals surface area contributed by atoms with E-state index in [0.29, 0.717) is 27.9 Å². The third-order valence-electron chi connectivity index (χ3n) is 6.26. The van der Waals surface area contributed by atoms with Crippen molar-refractivity contribution in [3.05, 3.63) is 78.0 Å². The molecule has 8 nitrogen and oxygen atoms in total. The molecule has 0 aliphatic rings. The van der Waals surface area contributed by atoms with Crippen LogP contribution in [0.1, 0.15) is 16.1 Å². The molecule has 0 atom stereocenters. The number of aryl methyl sites for hydroxylation is 1. The van der Waals surface area contributed by atoms with E-state index in [1.54, 1.807) is 55.6 Å². The molecule has 0 spiro atoms. The zero-order valence-corrected chi connectivity index (χ0v) is 21.3. The second-order valence-corrected chi connectivity index (χ2v) is 9.44. The topological polar surface area (TPSA) is 110 Å². The minimum absolute atomic E-state index is 0.0428. The Morgan fingerprint density at radius 1 is 0.919 bits per heavy atom. The Hall–Kier alpha value is -4.37. The summed E-state index contributed by atoms with van der Waals surface area (Å²) in [4.78, 5) is 18.1. The molecule has 0 unspecified atom stereocenters. The number of methoxy groups -OCH3 is 1. The molecule has 0 aliphatic carbocycles. The summed E-state index contributed by atoms with van der Waals surface area (Å²) in [6.45, 7) is 1.93. The van der Waals surface area contributed by atoms with Gasteiger partial charge in [-0.05, 0) is 73.7 Å². The number of aromatic hydroxyl groups is 2. The van der Waals surface area contributed by atoms with E-state index >= 15 is 0 Å². The summed E-state index contributed by atoms with van der Waals surface area (Å²) in [5.41, 5.74) is 5.03. The van der Waals surface area contributed by atoms with Crippen molar-refractivity contribution in [3.8, 4) is 39.8 Å². The van der Waals surface area contributed by atoms with Gasteiger partial charge in [0.1, 0.15) is 28.6 Å². The molecule has 3 aromatic carbocycles. The molecule has 5 rings (SSSR count). The number of phenolic OH excluding ortho intramolecular Hbond substituents is 2. The number of phenols is 2. The van der Waals surface area contributed by atoms with Crippen molar-refractivity contribution in [1.82, 2.24) is 19.7 Å². The predicted molar refractivity (Wildman–Crippen MR) is 143 cm³/mol. The van der Waals surface area contributed by atoms with Gasteiger partial charge in [0.25, 0.3) is 0 Å². The maximum Gasteiger partial charge on any atom is 0.210 e. The lowest BCUT2D eigenvalue weighted by molar-refractivity contribution is 0.102. The van der Waals surface area contributed by atoms with Crippen LogP contribution in [0.3, 0.4) is 0 Å². The van der Waals surface area contributed by atoms with Gasteiger partial charge in [0, 0.05) is 40.3 Å². The van der Waals surface area contributed by atoms with Crippen LogP contribution in [0.5, 0.6) is 17.2 Å². The molecule has 5 aromatic rings. The SMILES string of the molecule is COc1ccc2c(c1)c(C(=O)CSc1nnc(-c3ccc(O)cc3)c(-c3ccc(O)cc3)n1)c(C)n2C. The standard InChI is InChI=1S/C28H24N4O4S/c1-16-25(22-14-21(36-3)12-13-23(22)32(16)2)24(35)15-37-28-29-26(17-4-8-19(33)9-5-17)27(30-31-28)18-6-10-20(34)11-7-18/h4-14,33-34H,15H2,1-3H3. The number of aromatic nitrogens is 4. The quantitative estimate of drug-likeness (QED) is 0.220. The molecule has 2 aromatic heterocycles. The Labute approximate surface area is 217 Å². The molecular weight excluding hydrogens is 488 g/mol. The number of ether oxygens (including phenoxy) is 1. The first-order chi connectivity index (χ1) is 17.9. The molecule has 0 saturated carbocycles. The van der Waals surface area contributed by atoms with Crippen LogP contribution in [0.15, 0.2) is 71.9 Å². The average Bonchev–Trinajstić information content (AvgIpc) is 3.17. The Kier molecular flexibility index (Phi) is 6.54. The van der Waals surface area contributed by atoms with Crippen LogP contribution >= 0.6 is 11.8 Å². The van der Waals surface area contributed by atoms with Gasteiger partial charge in [-0.2, -0.15) is 0 Å². The van der Waals surface area contributed by atoms with Gasteiger partial charge in [-0.25, -0.2) is 4.98 Å². The lowest BCUT2D eigenvalue weighted by Gasteiger charge is -2.10. The summed E-state index contributed by atoms with van der Waals surface area (Å²) < 4.78 is 7.37. The number of ketones is 1. The maximum atomic E-state index is 13.4. The molecule has 0 saturated heterocycles. The minimum atomic E-state index is -0.0428. The molecule has 0 fully saturated rings. The highest BCUT2D eigenvalue weighted by Crippen LogP contribution is 2.33. The number of carbonyl (C=O) groups excluding carboxylic acids is 1. The number of hydrogen-bond donors (Lipinski definition) is 2. The van der Waals surface area contributed by atoms with Gasteiger partial charge in [0.05, 0.1) is 12.9 Å². The number of hydrogen-bond acceptors (Lipinski definition) is 8. The summed E-state index contributed by atoms with van der Waals surface area (Å²) in [6.07, 6.45) is 0. The highest BCUT2D eigenvalue weighted by Gasteiger charge is 2.21. The van der Waals surface area contributed by atoms with E-state index in [0.717, 1.165) is 27.7 Å². The molecule has 0 radical (unpaired) electrons. The van der Waals surface area contributed by atoms with Crippen LogP contribution in [0.4, 0.5) is 0 Å². The molecule has 0 amide bonds. The van der Waals surface area contributed by atoms with Crippen molar-refractivity contribution in [1.29, 1.82) is 0 Å². The highest BCUT2D eigenvalue weighted by atomic mass is 32.2. The lowest BCUT2D eigenvalue weighted by atomic mass is 10.0. The van der Waals surface area contributed by atoms with E-state index in [4.69, 9.17) is 9.72 Å². The van der Waals surface area contributed by atoms with Gasteiger partial charge in [-0.3, -0.25) is 4.79 Å². The van der Waals surface area contributed by atoms with Gasteiger partial charge >= 0.3 is 0 Å². The summed E-state index contributed by atoms with van der Waals surface area (Å²) in [5.74, 6) is 1.06. The number of thioether (sulfide) groups is 1. The molecule has 37 heavy (non-hydrogen) atoms. The summed E-state index contributed by atoms with van der Waals surface area (Å²) in [7, 11) is 3.54. The number of Topliss-reactive ketones (excluding diaryl/α,β-unsaturated/α-hetero) is 1. The zero-order valence-electron chi connectivity index (χ0n) is 20.5. The fourth-order valence-corrected chi connectivity index (χ4v) is 4.90. The molecule has 0 bridgehead atoms. The van der Waals surface area contributed by atoms with Gasteiger partial charge < -0.3 is 19.5 Å². The summed E-state index contributed by atoms with van der Waals surface area (Å²) in [5, 5.41) is 29.3. The largest absolute Gasteiger partial charge is 0.508 e. The van der Waals surface area contributed by atoms with E-state index in [9.17, 15) is 15.0 Å². The summed E-state index contributed by atoms with van der Waals surface area (Å²) in [6, 6.07) is 19.0. The first kappa shape index (κ1) is 24.3. The van der Waals surface area contributed by atoms with Crippen molar-refractivity contribution >= 4 is 28.4 Å². The molecule has 2 heterocycles. The molecular formula is C28H24N4O4S. The first-order valence-electron chi connectivity index (χ1n) is 11.5. The van der Waals surface area contributed by atoms with Gasteiger partial charge in [0.15, 0.2) is 5.78 Å². The third kappa shape index (κ3) is 4.73. The van der Waals surface area contributed by atoms with Crippen molar-refractivity contribution < 1.29 is 19.7 Å². The Morgan fingerprint density at radius 3 is 2.16 bits per heavy atom. The van der Waals surface area contributed by atoms with E-state index in [-0.39, 0.29) is 23.0 Å². The van der Waals surface area contributed by atoms with Crippen molar-refractivity contribution in [3.63, 3.8) is 0 Å². The van der Waals surface area contributed by atoms with Crippen LogP contribution in [0.2, 0.25) is 0 Å². The first-order valence-corrected chi connectivity index (χ1v) is 12.5. The number of carbonyl (C=O) groups is 1. The number of benzene rings is 3. The second kappa shape index (κ2) is 9.94. The maximum absolute atomic E-state index is 13.4. The molecule has 9 heteroatoms. The number of fused-ring (bicyclic) bond motifs is 1. The predicted octanol–water partition coefficient (Wildman–Crippen LogP) is 5.40. The van der Waals surface area contributed by atoms with E-state index in [2.05, 4.69) is 10.2 Å². The molecule has 186 valence electrons. The van der Waals surface area contributed by atoms with Crippen LogP contribution in [0, 0.1) is 6.92 Å². The van der Waals surface area contributed by atoms with E-state index in [1.165, 1.54) is 11.8 Å². The molecule has 2 N–H and O–H groups in total. The number of rotatable bonds is 7. The summed E-state index contributed by atoms with van der Waals surface area (Å²) >= 11 is 1.21. The Balaban J connectivity index is 1.48. The monoisotopic (exact) mass is 512 g/mol. The fourth-order valence-electron chi connectivity index (χ4n) is 4.24. The lowest BCUT2D eigenvalue weighted by Crippen LogP contribution is -2.06. The molecule has 0 aliphatic heterocycles. The second-order valence-electron chi connectivity index (χ2n) is 8.50. The Morgan fingerprint density at radius 2 is 1.54 bits per heavy atom. The van der Waals surface area contributed by atoms with Gasteiger partial charge in [-0.1, -0.05) is 11.8 Å². The van der Waals surface area contributed by atoms with Crippen LogP contribution < -0.4 is 4.74 Å². The van der Waals surface area contributed by atoms with Gasteiger partial charge in [0.2, 0.25) is 5.16 Å². The Bertz CT molecular complexity index is 1610. The highest BCUT2D eigenvalue weighted by molar-refractivity contribution is 7.99. The van der Waals surface area contributed by atoms with E-state index < -0.39 is 0 Å². The zero-order chi connectivity index (χ0) is 26.1. The van der Waals surface area contributed by atoms with E-state index in [1.807, 2.05) is 36.7 Å². The average molecular weight is 513 g/mol. The van der Waals surface area contributed by atoms with Crippen LogP contribution in [0.25, 0.3) is 33.4 Å². The third-order valence-corrected chi connectivity index (χ3v) is 7.10. The van der Waals surface area contributed by atoms with Crippen molar-refractivity contribution in [2.45, 2.75) is 12.1 Å². The van der Waals surface area contributed by atoms with Crippen LogP contribution in [-0.4, -0.2) is 48.6 Å². The van der Waals surface area contributed by atoms with Crippen molar-refractivity contribution in [2.75, 3.05) is 12.9 Å². The smallest absolute Gasteiger partial charge is 0.210 e. The van der Waals surface area contributed by atoms with Crippen LogP contribution in [-0.2, 0) is 7.05 Å². The number of nitrogens with zero attached hydrogens (tertiary/aromatic N) is 4. The normalized spacial score (nSPS) is 11.1. The minimum Gasteiger partial charge on any atom is -0.508 e.